The monoisotopic (exact) mass is 233 g/mol. The number of carboxylic acids is 1. The fourth-order valence-corrected chi connectivity index (χ4v) is 1.28. The summed E-state index contributed by atoms with van der Waals surface area (Å²) >= 11 is 0. The van der Waals surface area contributed by atoms with Gasteiger partial charge in [0.2, 0.25) is 0 Å². The molecule has 0 aliphatic carbocycles. The van der Waals surface area contributed by atoms with Crippen LogP contribution in [0.5, 0.6) is 0 Å². The molecule has 1 N–H and O–H groups in total. The Balaban J connectivity index is 4.60. The first kappa shape index (κ1) is 10.1. The van der Waals surface area contributed by atoms with Gasteiger partial charge in [-0.2, -0.15) is 0 Å². The van der Waals surface area contributed by atoms with E-state index >= 15 is 0 Å². The Bertz CT molecular complexity index is 331. The molecule has 0 bridgehead atoms. The van der Waals surface area contributed by atoms with E-state index in [1.807, 2.05) is 0 Å². The minimum Gasteiger partial charge on any atom is -0.481 e. The van der Waals surface area contributed by atoms with Crippen LogP contribution < -0.4 is 0 Å². The van der Waals surface area contributed by atoms with Crippen molar-refractivity contribution in [2.24, 2.45) is 11.8 Å². The number of carboxylic acid groups (broad SMARTS) is 1. The molecule has 0 amide bonds. The van der Waals surface area contributed by atoms with Crippen LogP contribution in [0.4, 0.5) is 0 Å². The van der Waals surface area contributed by atoms with Crippen LogP contribution in [0.2, 0.25) is 0 Å². The van der Waals surface area contributed by atoms with E-state index < -0.39 is 36.2 Å². The van der Waals surface area contributed by atoms with E-state index in [-0.39, 0.29) is 12.8 Å². The summed E-state index contributed by atoms with van der Waals surface area (Å²) in [4.78, 5) is 22.7. The summed E-state index contributed by atoms with van der Waals surface area (Å²) in [6.45, 7) is 4.29. The Labute approximate surface area is 101 Å². The highest BCUT2D eigenvalue weighted by molar-refractivity contribution is 5.78. The van der Waals surface area contributed by atoms with Crippen molar-refractivity contribution in [2.75, 3.05) is 0 Å². The van der Waals surface area contributed by atoms with Crippen LogP contribution in [0.25, 0.3) is 0 Å². The van der Waals surface area contributed by atoms with E-state index in [1.54, 1.807) is 20.8 Å². The van der Waals surface area contributed by atoms with Crippen molar-refractivity contribution in [3.63, 3.8) is 0 Å². The molecule has 16 heavy (non-hydrogen) atoms. The second kappa shape index (κ2) is 5.87. The summed E-state index contributed by atoms with van der Waals surface area (Å²) in [7, 11) is 0. The van der Waals surface area contributed by atoms with E-state index in [0.717, 1.165) is 0 Å². The van der Waals surface area contributed by atoms with E-state index in [9.17, 15) is 9.59 Å². The van der Waals surface area contributed by atoms with E-state index in [0.29, 0.717) is 0 Å². The van der Waals surface area contributed by atoms with Crippen molar-refractivity contribution in [1.29, 1.82) is 0 Å². The van der Waals surface area contributed by atoms with Crippen molar-refractivity contribution in [2.45, 2.75) is 53.0 Å². The molecule has 0 fully saturated rings. The molecule has 0 saturated heterocycles. The SMILES string of the molecule is [2H]C([2H])([2H])C(C)C[C@H](CC(=O)OC(C)(C)C)C(=O)O. The Morgan fingerprint density at radius 2 is 2.00 bits per heavy atom. The quantitative estimate of drug-likeness (QED) is 0.741. The molecule has 4 nitrogen and oxygen atoms in total. The van der Waals surface area contributed by atoms with Gasteiger partial charge in [-0.3, -0.25) is 9.59 Å². The molecule has 0 saturated carbocycles. The predicted molar refractivity (Wildman–Crippen MR) is 61.0 cm³/mol. The van der Waals surface area contributed by atoms with Crippen LogP contribution in [0.3, 0.4) is 0 Å². The Hall–Kier alpha value is -1.06. The standard InChI is InChI=1S/C12H22O4/c1-8(2)6-9(11(14)15)7-10(13)16-12(3,4)5/h8-9H,6-7H2,1-5H3,(H,14,15)/t9-/m1/s1/i1D3/t8?,9-. The number of esters is 1. The van der Waals surface area contributed by atoms with Crippen molar-refractivity contribution < 1.29 is 23.5 Å². The third kappa shape index (κ3) is 7.26. The van der Waals surface area contributed by atoms with Gasteiger partial charge < -0.3 is 9.84 Å². The third-order valence-electron chi connectivity index (χ3n) is 1.82. The lowest BCUT2D eigenvalue weighted by Gasteiger charge is -2.21. The first-order valence-corrected chi connectivity index (χ1v) is 5.27. The summed E-state index contributed by atoms with van der Waals surface area (Å²) < 4.78 is 26.7. The van der Waals surface area contributed by atoms with Crippen LogP contribution in [0.1, 0.15) is 51.5 Å². The van der Waals surface area contributed by atoms with E-state index in [1.165, 1.54) is 6.92 Å². The first-order chi connectivity index (χ1) is 8.33. The molecule has 0 aromatic heterocycles. The highest BCUT2D eigenvalue weighted by atomic mass is 16.6. The minimum absolute atomic E-state index is 0.0783. The second-order valence-corrected chi connectivity index (χ2v) is 4.96. The molecule has 0 rings (SSSR count). The number of hydrogen-bond acceptors (Lipinski definition) is 3. The van der Waals surface area contributed by atoms with Gasteiger partial charge in [0.15, 0.2) is 0 Å². The molecule has 1 unspecified atom stereocenters. The average molecular weight is 233 g/mol. The molecule has 0 aromatic carbocycles. The first-order valence-electron chi connectivity index (χ1n) is 6.77. The number of aliphatic carboxylic acids is 1. The Morgan fingerprint density at radius 3 is 2.38 bits per heavy atom. The van der Waals surface area contributed by atoms with Crippen LogP contribution in [-0.2, 0) is 14.3 Å². The molecule has 0 heterocycles. The molecule has 0 aromatic rings. The highest BCUT2D eigenvalue weighted by Crippen LogP contribution is 2.18. The fraction of sp³-hybridized carbons (Fsp3) is 0.833. The fourth-order valence-electron chi connectivity index (χ4n) is 1.28. The largest absolute Gasteiger partial charge is 0.481 e. The molecule has 94 valence electrons. The summed E-state index contributed by atoms with van der Waals surface area (Å²) in [5.41, 5.74) is -0.685. The number of hydrogen-bond donors (Lipinski definition) is 1. The normalized spacial score (nSPS) is 18.9. The maximum atomic E-state index is 11.6. The summed E-state index contributed by atoms with van der Waals surface area (Å²) in [6, 6.07) is 0. The lowest BCUT2D eigenvalue weighted by Crippen LogP contribution is -2.27. The van der Waals surface area contributed by atoms with Gasteiger partial charge in [0.1, 0.15) is 5.60 Å². The van der Waals surface area contributed by atoms with Gasteiger partial charge in [0.05, 0.1) is 12.3 Å². The van der Waals surface area contributed by atoms with Crippen LogP contribution in [0.15, 0.2) is 0 Å². The van der Waals surface area contributed by atoms with Crippen molar-refractivity contribution in [3.8, 4) is 0 Å². The van der Waals surface area contributed by atoms with Crippen LogP contribution >= 0.6 is 0 Å². The lowest BCUT2D eigenvalue weighted by atomic mass is 9.94. The number of carbonyl (C=O) groups excluding carboxylic acids is 1. The highest BCUT2D eigenvalue weighted by Gasteiger charge is 2.25. The third-order valence-corrected chi connectivity index (χ3v) is 1.82. The Kier molecular flexibility index (Phi) is 3.71. The zero-order valence-corrected chi connectivity index (χ0v) is 10.2. The van der Waals surface area contributed by atoms with Gasteiger partial charge in [-0.1, -0.05) is 13.8 Å². The lowest BCUT2D eigenvalue weighted by molar-refractivity contribution is -0.160. The molecule has 0 aliphatic rings. The minimum atomic E-state index is -2.22. The van der Waals surface area contributed by atoms with Crippen molar-refractivity contribution >= 4 is 11.9 Å². The van der Waals surface area contributed by atoms with Gasteiger partial charge in [-0.15, -0.1) is 0 Å². The number of rotatable bonds is 5. The number of ether oxygens (including phenoxy) is 1. The Morgan fingerprint density at radius 1 is 1.44 bits per heavy atom. The van der Waals surface area contributed by atoms with Crippen molar-refractivity contribution in [3.05, 3.63) is 0 Å². The van der Waals surface area contributed by atoms with Gasteiger partial charge in [-0.05, 0) is 33.1 Å². The zero-order valence-electron chi connectivity index (χ0n) is 13.2. The predicted octanol–water partition coefficient (Wildman–Crippen LogP) is 2.47. The zero-order chi connectivity index (χ0) is 15.4. The summed E-state index contributed by atoms with van der Waals surface area (Å²) in [5.74, 6) is -3.62. The van der Waals surface area contributed by atoms with Gasteiger partial charge in [0.25, 0.3) is 0 Å². The van der Waals surface area contributed by atoms with Crippen molar-refractivity contribution in [1.82, 2.24) is 0 Å². The van der Waals surface area contributed by atoms with Crippen LogP contribution in [-0.4, -0.2) is 22.6 Å². The molecule has 0 aliphatic heterocycles. The maximum Gasteiger partial charge on any atom is 0.307 e. The molecule has 4 heteroatoms. The van der Waals surface area contributed by atoms with Crippen LogP contribution in [0, 0.1) is 11.8 Å². The average Bonchev–Trinajstić information content (AvgIpc) is 2.11. The molecule has 2 atom stereocenters. The molecular weight excluding hydrogens is 208 g/mol. The summed E-state index contributed by atoms with van der Waals surface area (Å²) in [6.07, 6.45) is -0.391. The second-order valence-electron chi connectivity index (χ2n) is 4.96. The molecule has 0 radical (unpaired) electrons. The maximum absolute atomic E-state index is 11.6. The molecular formula is C12H22O4. The van der Waals surface area contributed by atoms with Gasteiger partial charge >= 0.3 is 11.9 Å². The van der Waals surface area contributed by atoms with Gasteiger partial charge in [-0.25, -0.2) is 0 Å². The number of carbonyl (C=O) groups is 2. The molecule has 0 spiro atoms. The van der Waals surface area contributed by atoms with E-state index in [2.05, 4.69) is 0 Å². The van der Waals surface area contributed by atoms with E-state index in [4.69, 9.17) is 14.0 Å². The summed E-state index contributed by atoms with van der Waals surface area (Å²) in [5, 5.41) is 9.04. The topological polar surface area (TPSA) is 63.6 Å². The smallest absolute Gasteiger partial charge is 0.307 e. The van der Waals surface area contributed by atoms with Gasteiger partial charge in [0, 0.05) is 4.11 Å².